The van der Waals surface area contributed by atoms with Gasteiger partial charge in [-0.3, -0.25) is 4.79 Å². The lowest BCUT2D eigenvalue weighted by Gasteiger charge is -2.44. The summed E-state index contributed by atoms with van der Waals surface area (Å²) in [7, 11) is 0. The van der Waals surface area contributed by atoms with Crippen molar-refractivity contribution < 1.29 is 14.7 Å². The van der Waals surface area contributed by atoms with Gasteiger partial charge in [-0.25, -0.2) is 4.79 Å². The normalized spacial score (nSPS) is 29.8. The Morgan fingerprint density at radius 2 is 2.09 bits per heavy atom. The highest BCUT2D eigenvalue weighted by Crippen LogP contribution is 2.50. The van der Waals surface area contributed by atoms with E-state index < -0.39 is 16.8 Å². The smallest absolute Gasteiger partial charge is 0.327 e. The van der Waals surface area contributed by atoms with E-state index in [0.717, 1.165) is 5.56 Å². The van der Waals surface area contributed by atoms with Crippen molar-refractivity contribution in [3.05, 3.63) is 35.9 Å². The molecule has 1 aromatic rings. The summed E-state index contributed by atoms with van der Waals surface area (Å²) < 4.78 is -0.496. The first-order valence-corrected chi connectivity index (χ1v) is 8.47. The molecule has 0 spiro atoms. The van der Waals surface area contributed by atoms with Crippen LogP contribution >= 0.6 is 11.8 Å². The molecule has 0 saturated carbocycles. The third kappa shape index (κ3) is 2.73. The highest BCUT2D eigenvalue weighted by Gasteiger charge is 2.63. The first-order valence-electron chi connectivity index (χ1n) is 7.59. The van der Waals surface area contributed by atoms with E-state index in [1.54, 1.807) is 0 Å². The van der Waals surface area contributed by atoms with Gasteiger partial charge in [-0.05, 0) is 19.4 Å². The summed E-state index contributed by atoms with van der Waals surface area (Å²) in [5.41, 5.74) is 7.15. The second-order valence-electron chi connectivity index (χ2n) is 6.50. The molecule has 124 valence electrons. The molecule has 0 aliphatic carbocycles. The maximum absolute atomic E-state index is 12.3. The van der Waals surface area contributed by atoms with Crippen molar-refractivity contribution in [1.82, 2.24) is 10.2 Å². The molecule has 0 radical (unpaired) electrons. The summed E-state index contributed by atoms with van der Waals surface area (Å²) in [6.07, 6.45) is 0. The predicted molar refractivity (Wildman–Crippen MR) is 88.9 cm³/mol. The Balaban J connectivity index is 1.64. The molecule has 2 aliphatic heterocycles. The Morgan fingerprint density at radius 1 is 1.43 bits per heavy atom. The molecule has 4 N–H and O–H groups in total. The molecule has 4 atom stereocenters. The monoisotopic (exact) mass is 335 g/mol. The van der Waals surface area contributed by atoms with Gasteiger partial charge in [0, 0.05) is 17.3 Å². The number of β-lactam (4-membered cyclic amide) rings is 1. The third-order valence-electron chi connectivity index (χ3n) is 4.46. The number of amides is 1. The molecule has 7 heteroatoms. The Kier molecular flexibility index (Phi) is 4.12. The molecular formula is C16H21N3O3S. The number of hydrogen-bond donors (Lipinski definition) is 3. The quantitative estimate of drug-likeness (QED) is 0.689. The number of nitrogens with two attached hydrogens (primary N) is 1. The van der Waals surface area contributed by atoms with Crippen molar-refractivity contribution in [2.75, 3.05) is 6.54 Å². The molecule has 2 heterocycles. The predicted octanol–water partition coefficient (Wildman–Crippen LogP) is 0.792. The van der Waals surface area contributed by atoms with E-state index >= 15 is 0 Å². The van der Waals surface area contributed by atoms with E-state index in [1.807, 2.05) is 44.2 Å². The SMILES string of the molecule is CC1(C)SC2C(NC[C@H](N)c3ccccc3)C(=O)N2C1C(=O)O. The van der Waals surface area contributed by atoms with E-state index in [4.69, 9.17) is 5.73 Å². The first-order chi connectivity index (χ1) is 10.8. The topological polar surface area (TPSA) is 95.7 Å². The molecule has 2 saturated heterocycles. The second kappa shape index (κ2) is 5.81. The van der Waals surface area contributed by atoms with Crippen molar-refractivity contribution >= 4 is 23.6 Å². The highest BCUT2D eigenvalue weighted by molar-refractivity contribution is 8.01. The van der Waals surface area contributed by atoms with E-state index in [-0.39, 0.29) is 23.4 Å². The van der Waals surface area contributed by atoms with Crippen molar-refractivity contribution in [2.45, 2.75) is 42.1 Å². The number of aliphatic carboxylic acids is 1. The summed E-state index contributed by atoms with van der Waals surface area (Å²) in [6, 6.07) is 8.36. The number of benzene rings is 1. The van der Waals surface area contributed by atoms with Gasteiger partial charge in [-0.15, -0.1) is 11.8 Å². The number of rotatable bonds is 5. The third-order valence-corrected chi connectivity index (χ3v) is 6.03. The fourth-order valence-electron chi connectivity index (χ4n) is 3.27. The minimum Gasteiger partial charge on any atom is -0.480 e. The van der Waals surface area contributed by atoms with Gasteiger partial charge in [0.1, 0.15) is 17.5 Å². The average Bonchev–Trinajstić information content (AvgIpc) is 2.76. The largest absolute Gasteiger partial charge is 0.480 e. The first kappa shape index (κ1) is 16.3. The van der Waals surface area contributed by atoms with Crippen molar-refractivity contribution in [3.63, 3.8) is 0 Å². The van der Waals surface area contributed by atoms with E-state index in [1.165, 1.54) is 16.7 Å². The molecule has 3 unspecified atom stereocenters. The minimum atomic E-state index is -0.946. The van der Waals surface area contributed by atoms with Gasteiger partial charge < -0.3 is 21.1 Å². The molecule has 6 nitrogen and oxygen atoms in total. The minimum absolute atomic E-state index is 0.137. The average molecular weight is 335 g/mol. The van der Waals surface area contributed by atoms with Gasteiger partial charge in [0.25, 0.3) is 0 Å². The van der Waals surface area contributed by atoms with Crippen LogP contribution in [0.15, 0.2) is 30.3 Å². The van der Waals surface area contributed by atoms with Gasteiger partial charge in [0.05, 0.1) is 0 Å². The molecule has 2 fully saturated rings. The lowest BCUT2D eigenvalue weighted by Crippen LogP contribution is -2.70. The van der Waals surface area contributed by atoms with Crippen LogP contribution in [0, 0.1) is 0 Å². The van der Waals surface area contributed by atoms with Crippen molar-refractivity contribution in [2.24, 2.45) is 5.73 Å². The molecule has 3 rings (SSSR count). The van der Waals surface area contributed by atoms with Crippen molar-refractivity contribution in [1.29, 1.82) is 0 Å². The summed E-state index contributed by atoms with van der Waals surface area (Å²) in [5, 5.41) is 12.5. The van der Waals surface area contributed by atoms with Crippen LogP contribution in [0.5, 0.6) is 0 Å². The number of carboxylic acids is 1. The number of nitrogens with one attached hydrogen (secondary N) is 1. The number of hydrogen-bond acceptors (Lipinski definition) is 5. The fraction of sp³-hybridized carbons (Fsp3) is 0.500. The van der Waals surface area contributed by atoms with Crippen LogP contribution in [0.1, 0.15) is 25.5 Å². The molecule has 1 amide bonds. The van der Waals surface area contributed by atoms with Crippen LogP contribution in [-0.4, -0.2) is 50.6 Å². The molecule has 0 bridgehead atoms. The van der Waals surface area contributed by atoms with Crippen LogP contribution in [-0.2, 0) is 9.59 Å². The number of thioether (sulfide) groups is 1. The van der Waals surface area contributed by atoms with Crippen LogP contribution in [0.4, 0.5) is 0 Å². The number of carboxylic acid groups (broad SMARTS) is 1. The fourth-order valence-corrected chi connectivity index (χ4v) is 4.93. The zero-order chi connectivity index (χ0) is 16.8. The van der Waals surface area contributed by atoms with Gasteiger partial charge in [0.2, 0.25) is 5.91 Å². The zero-order valence-electron chi connectivity index (χ0n) is 13.1. The molecule has 1 aromatic carbocycles. The van der Waals surface area contributed by atoms with E-state index in [0.29, 0.717) is 6.54 Å². The summed E-state index contributed by atoms with van der Waals surface area (Å²) in [6.45, 7) is 4.22. The molecule has 2 aliphatic rings. The highest BCUT2D eigenvalue weighted by atomic mass is 32.2. The number of carbonyl (C=O) groups is 2. The number of carbonyl (C=O) groups excluding carboxylic acids is 1. The maximum Gasteiger partial charge on any atom is 0.327 e. The van der Waals surface area contributed by atoms with Gasteiger partial charge in [0.15, 0.2) is 0 Å². The van der Waals surface area contributed by atoms with Crippen LogP contribution in [0.2, 0.25) is 0 Å². The molecular weight excluding hydrogens is 314 g/mol. The number of nitrogens with zero attached hydrogens (tertiary/aromatic N) is 1. The Hall–Kier alpha value is -1.57. The summed E-state index contributed by atoms with van der Waals surface area (Å²) in [5.74, 6) is -1.10. The molecule has 0 aromatic heterocycles. The van der Waals surface area contributed by atoms with Gasteiger partial charge in [-0.2, -0.15) is 0 Å². The maximum atomic E-state index is 12.3. The summed E-state index contributed by atoms with van der Waals surface area (Å²) in [4.78, 5) is 25.3. The second-order valence-corrected chi connectivity index (χ2v) is 8.27. The van der Waals surface area contributed by atoms with E-state index in [9.17, 15) is 14.7 Å². The lowest BCUT2D eigenvalue weighted by molar-refractivity contribution is -0.160. The van der Waals surface area contributed by atoms with Crippen molar-refractivity contribution in [3.8, 4) is 0 Å². The van der Waals surface area contributed by atoms with Gasteiger partial charge >= 0.3 is 5.97 Å². The Bertz CT molecular complexity index is 622. The zero-order valence-corrected chi connectivity index (χ0v) is 13.9. The van der Waals surface area contributed by atoms with Crippen LogP contribution in [0.25, 0.3) is 0 Å². The number of fused-ring (bicyclic) bond motifs is 1. The Morgan fingerprint density at radius 3 is 2.70 bits per heavy atom. The standard InChI is InChI=1S/C16H21N3O3S/c1-16(2)12(15(21)22)19-13(20)11(14(19)23-16)18-8-10(17)9-6-4-3-5-7-9/h3-7,10-12,14,18H,8,17H2,1-2H3,(H,21,22)/t10-,11?,12?,14?/m0/s1. The van der Waals surface area contributed by atoms with E-state index in [2.05, 4.69) is 5.32 Å². The summed E-state index contributed by atoms with van der Waals surface area (Å²) >= 11 is 1.53. The Labute approximate surface area is 139 Å². The lowest BCUT2D eigenvalue weighted by atomic mass is 9.96. The van der Waals surface area contributed by atoms with Crippen LogP contribution < -0.4 is 11.1 Å². The molecule has 23 heavy (non-hydrogen) atoms. The van der Waals surface area contributed by atoms with Gasteiger partial charge in [-0.1, -0.05) is 30.3 Å². The van der Waals surface area contributed by atoms with Crippen LogP contribution in [0.3, 0.4) is 0 Å².